The number of fused-ring (bicyclic) bond motifs is 4. The highest BCUT2D eigenvalue weighted by atomic mass is 79.9. The number of quaternary nitrogens is 1. The normalized spacial score (nSPS) is 24.0. The molecule has 5 unspecified atom stereocenters. The summed E-state index contributed by atoms with van der Waals surface area (Å²) in [5.74, 6) is 2.71. The van der Waals surface area contributed by atoms with Gasteiger partial charge in [0.05, 0.1) is 32.7 Å². The predicted octanol–water partition coefficient (Wildman–Crippen LogP) is 7.36. The van der Waals surface area contributed by atoms with Crippen LogP contribution in [-0.4, -0.2) is 42.9 Å². The number of aliphatic hydroxyl groups excluding tert-OH is 1. The van der Waals surface area contributed by atoms with Crippen molar-refractivity contribution in [3.05, 3.63) is 111 Å². The molecular formula is C35H38Br2N2O3+2. The number of halogens is 2. The van der Waals surface area contributed by atoms with Crippen LogP contribution in [0.5, 0.6) is 11.5 Å². The summed E-state index contributed by atoms with van der Waals surface area (Å²) in [6.45, 7) is 7.77. The molecule has 1 N–H and O–H groups in total. The molecule has 3 aliphatic rings. The maximum Gasteiger partial charge on any atom is 0.213 e. The second kappa shape index (κ2) is 12.1. The summed E-state index contributed by atoms with van der Waals surface area (Å²) >= 11 is 7.52. The van der Waals surface area contributed by atoms with Gasteiger partial charge >= 0.3 is 0 Å². The topological polar surface area (TPSA) is 42.6 Å². The summed E-state index contributed by atoms with van der Waals surface area (Å²) in [5.41, 5.74) is 4.46. The Morgan fingerprint density at radius 1 is 1.00 bits per heavy atom. The number of hydrogen-bond donors (Lipinski definition) is 1. The maximum absolute atomic E-state index is 12.3. The van der Waals surface area contributed by atoms with Gasteiger partial charge in [-0.25, -0.2) is 0 Å². The molecule has 1 aromatic heterocycles. The summed E-state index contributed by atoms with van der Waals surface area (Å²) in [6, 6.07) is 22.9. The van der Waals surface area contributed by atoms with Crippen molar-refractivity contribution < 1.29 is 23.6 Å². The fourth-order valence-electron chi connectivity index (χ4n) is 7.41. The molecule has 3 fully saturated rings. The van der Waals surface area contributed by atoms with Gasteiger partial charge in [0.15, 0.2) is 12.7 Å². The number of ether oxygens (including phenoxy) is 2. The van der Waals surface area contributed by atoms with Gasteiger partial charge < -0.3 is 19.1 Å². The molecular weight excluding hydrogens is 656 g/mol. The van der Waals surface area contributed by atoms with E-state index in [9.17, 15) is 5.11 Å². The number of rotatable bonds is 9. The summed E-state index contributed by atoms with van der Waals surface area (Å²) in [7, 11) is 3.41. The summed E-state index contributed by atoms with van der Waals surface area (Å²) in [4.78, 5) is 0. The van der Waals surface area contributed by atoms with Gasteiger partial charge in [-0.15, -0.1) is 6.58 Å². The van der Waals surface area contributed by atoms with Crippen LogP contribution in [0, 0.1) is 11.8 Å². The first-order chi connectivity index (χ1) is 20.4. The zero-order valence-corrected chi connectivity index (χ0v) is 27.4. The van der Waals surface area contributed by atoms with Crippen LogP contribution in [0.3, 0.4) is 0 Å². The van der Waals surface area contributed by atoms with E-state index in [1.165, 1.54) is 5.56 Å². The molecule has 7 rings (SSSR count). The van der Waals surface area contributed by atoms with Crippen LogP contribution < -0.4 is 14.0 Å². The first-order valence-corrected chi connectivity index (χ1v) is 16.2. The Bertz CT molecular complexity index is 1630. The molecule has 0 aliphatic carbocycles. The number of hydrogen-bond acceptors (Lipinski definition) is 3. The molecule has 0 radical (unpaired) electrons. The number of pyridine rings is 1. The van der Waals surface area contributed by atoms with E-state index in [1.54, 1.807) is 14.2 Å². The summed E-state index contributed by atoms with van der Waals surface area (Å²) in [6.07, 6.45) is 5.83. The number of methoxy groups -OCH3 is 2. The second-order valence-electron chi connectivity index (χ2n) is 11.8. The van der Waals surface area contributed by atoms with Crippen molar-refractivity contribution in [2.75, 3.05) is 27.3 Å². The van der Waals surface area contributed by atoms with E-state index in [-0.39, 0.29) is 6.04 Å². The van der Waals surface area contributed by atoms with Gasteiger partial charge in [-0.2, -0.15) is 4.57 Å². The third kappa shape index (κ3) is 5.41. The van der Waals surface area contributed by atoms with Crippen LogP contribution in [0.25, 0.3) is 10.9 Å². The molecule has 2 bridgehead atoms. The highest BCUT2D eigenvalue weighted by molar-refractivity contribution is 9.10. The minimum atomic E-state index is -0.592. The Morgan fingerprint density at radius 3 is 2.40 bits per heavy atom. The standard InChI is InChI=1S/C35H38Br2N2O3/c1-4-23-21-39(22-26-18-28(42-3)10-12-32(26)37)16-14-24(23)19-34(39)35(40)30-13-15-38(33-8-6-5-7-29(30)33)20-25-17-27(41-2)9-11-31(25)36/h4-13,15,17-18,23-24,34-35,40H,1,14,16,19-22H2,2-3H3/q+2. The molecule has 4 heterocycles. The van der Waals surface area contributed by atoms with Crippen LogP contribution in [0.4, 0.5) is 0 Å². The van der Waals surface area contributed by atoms with Crippen LogP contribution in [0.15, 0.2) is 94.5 Å². The fraction of sp³-hybridized carbons (Fsp3) is 0.343. The number of aliphatic hydroxyl groups is 1. The Balaban J connectivity index is 1.39. The van der Waals surface area contributed by atoms with E-state index in [0.29, 0.717) is 18.4 Å². The fourth-order valence-corrected chi connectivity index (χ4v) is 8.16. The van der Waals surface area contributed by atoms with E-state index in [0.717, 1.165) is 79.4 Å². The van der Waals surface area contributed by atoms with Crippen molar-refractivity contribution in [3.63, 3.8) is 0 Å². The van der Waals surface area contributed by atoms with Gasteiger partial charge in [-0.05, 0) is 48.4 Å². The van der Waals surface area contributed by atoms with E-state index in [1.807, 2.05) is 18.2 Å². The molecule has 3 aliphatic heterocycles. The smallest absolute Gasteiger partial charge is 0.213 e. The molecule has 3 aromatic carbocycles. The van der Waals surface area contributed by atoms with Gasteiger partial charge in [0, 0.05) is 56.5 Å². The third-order valence-electron chi connectivity index (χ3n) is 9.65. The SMILES string of the molecule is C=CC1C[N+]2(Cc3cc(OC)ccc3Br)CCC1CC2C(O)c1cc[n+](Cc2cc(OC)ccc2Br)c2ccccc12. The van der Waals surface area contributed by atoms with Gasteiger partial charge in [0.25, 0.3) is 0 Å². The highest BCUT2D eigenvalue weighted by Gasteiger charge is 2.54. The molecule has 0 spiro atoms. The van der Waals surface area contributed by atoms with Gasteiger partial charge in [-0.1, -0.05) is 50.1 Å². The Labute approximate surface area is 265 Å². The minimum Gasteiger partial charge on any atom is -0.497 e. The first kappa shape index (κ1) is 29.4. The minimum absolute atomic E-state index is 0.0878. The van der Waals surface area contributed by atoms with Gasteiger partial charge in [0.2, 0.25) is 5.52 Å². The Hall–Kier alpha value is -2.71. The zero-order chi connectivity index (χ0) is 29.4. The van der Waals surface area contributed by atoms with E-state index in [2.05, 4.69) is 104 Å². The van der Waals surface area contributed by atoms with E-state index >= 15 is 0 Å². The van der Waals surface area contributed by atoms with Crippen molar-refractivity contribution in [1.82, 2.24) is 0 Å². The van der Waals surface area contributed by atoms with Crippen LogP contribution in [-0.2, 0) is 13.1 Å². The largest absolute Gasteiger partial charge is 0.497 e. The average molecular weight is 695 g/mol. The second-order valence-corrected chi connectivity index (χ2v) is 13.5. The van der Waals surface area contributed by atoms with Gasteiger partial charge in [-0.3, -0.25) is 0 Å². The molecule has 7 heteroatoms. The monoisotopic (exact) mass is 692 g/mol. The molecule has 5 atom stereocenters. The number of benzene rings is 3. The first-order valence-electron chi connectivity index (χ1n) is 14.6. The molecule has 4 aromatic rings. The number of para-hydroxylation sites is 1. The van der Waals surface area contributed by atoms with Crippen LogP contribution >= 0.6 is 31.9 Å². The molecule has 218 valence electrons. The van der Waals surface area contributed by atoms with Crippen molar-refractivity contribution in [3.8, 4) is 11.5 Å². The number of nitrogens with zero attached hydrogens (tertiary/aromatic N) is 2. The number of aromatic nitrogens is 1. The predicted molar refractivity (Wildman–Crippen MR) is 173 cm³/mol. The van der Waals surface area contributed by atoms with Crippen molar-refractivity contribution in [1.29, 1.82) is 0 Å². The molecule has 0 amide bonds. The molecule has 3 saturated heterocycles. The van der Waals surface area contributed by atoms with Crippen molar-refractivity contribution in [2.24, 2.45) is 11.8 Å². The zero-order valence-electron chi connectivity index (χ0n) is 24.2. The van der Waals surface area contributed by atoms with Crippen molar-refractivity contribution >= 4 is 42.8 Å². The van der Waals surface area contributed by atoms with Crippen molar-refractivity contribution in [2.45, 2.75) is 38.1 Å². The Morgan fingerprint density at radius 2 is 1.69 bits per heavy atom. The molecule has 42 heavy (non-hydrogen) atoms. The van der Waals surface area contributed by atoms with Crippen LogP contribution in [0.2, 0.25) is 0 Å². The van der Waals surface area contributed by atoms with E-state index in [4.69, 9.17) is 9.47 Å². The lowest BCUT2D eigenvalue weighted by Crippen LogP contribution is -2.67. The lowest BCUT2D eigenvalue weighted by Gasteiger charge is -2.58. The highest BCUT2D eigenvalue weighted by Crippen LogP contribution is 2.48. The molecule has 0 saturated carbocycles. The van der Waals surface area contributed by atoms with Crippen LogP contribution in [0.1, 0.15) is 35.6 Å². The third-order valence-corrected chi connectivity index (χ3v) is 11.2. The van der Waals surface area contributed by atoms with Gasteiger partial charge in [0.1, 0.15) is 30.2 Å². The lowest BCUT2D eigenvalue weighted by atomic mass is 9.71. The maximum atomic E-state index is 12.3. The average Bonchev–Trinajstić information content (AvgIpc) is 3.03. The lowest BCUT2D eigenvalue weighted by molar-refractivity contribution is -0.985. The summed E-state index contributed by atoms with van der Waals surface area (Å²) in [5, 5.41) is 13.4. The quantitative estimate of drug-likeness (QED) is 0.113. The van der Waals surface area contributed by atoms with E-state index < -0.39 is 6.10 Å². The molecule has 5 nitrogen and oxygen atoms in total. The summed E-state index contributed by atoms with van der Waals surface area (Å²) < 4.78 is 16.3. The Kier molecular flexibility index (Phi) is 8.47. The number of piperidine rings is 3.